The van der Waals surface area contributed by atoms with E-state index in [4.69, 9.17) is 22.1 Å². The molecule has 0 radical (unpaired) electrons. The zero-order valence-corrected chi connectivity index (χ0v) is 13.6. The summed E-state index contributed by atoms with van der Waals surface area (Å²) in [5.41, 5.74) is 11.4. The molecule has 0 aromatic heterocycles. The minimum atomic E-state index is -0.0379. The summed E-state index contributed by atoms with van der Waals surface area (Å²) in [7, 11) is 0. The molecule has 2 nitrogen and oxygen atoms in total. The van der Waals surface area contributed by atoms with Crippen molar-refractivity contribution in [2.75, 3.05) is 6.61 Å². The van der Waals surface area contributed by atoms with Crippen molar-refractivity contribution < 1.29 is 4.74 Å². The van der Waals surface area contributed by atoms with Crippen LogP contribution < -0.4 is 10.5 Å². The Hall–Kier alpha value is -1.51. The first-order chi connectivity index (χ1) is 9.95. The number of ether oxygens (including phenoxy) is 1. The van der Waals surface area contributed by atoms with Crippen molar-refractivity contribution in [2.45, 2.75) is 33.2 Å². The summed E-state index contributed by atoms with van der Waals surface area (Å²) in [6, 6.07) is 11.8. The molecule has 1 atom stereocenters. The van der Waals surface area contributed by atoms with Gasteiger partial charge in [-0.1, -0.05) is 35.4 Å². The molecule has 0 aliphatic carbocycles. The van der Waals surface area contributed by atoms with Crippen molar-refractivity contribution in [1.29, 1.82) is 0 Å². The molecule has 112 valence electrons. The topological polar surface area (TPSA) is 35.2 Å². The van der Waals surface area contributed by atoms with Crippen LogP contribution in [-0.2, 0) is 6.42 Å². The van der Waals surface area contributed by atoms with Gasteiger partial charge in [-0.25, -0.2) is 0 Å². The van der Waals surface area contributed by atoms with Crippen LogP contribution in [0.2, 0.25) is 5.02 Å². The van der Waals surface area contributed by atoms with Crippen LogP contribution in [0.3, 0.4) is 0 Å². The monoisotopic (exact) mass is 303 g/mol. The van der Waals surface area contributed by atoms with E-state index in [0.717, 1.165) is 12.2 Å². The molecule has 1 unspecified atom stereocenters. The van der Waals surface area contributed by atoms with Crippen molar-refractivity contribution in [3.05, 3.63) is 63.7 Å². The molecular weight excluding hydrogens is 282 g/mol. The minimum absolute atomic E-state index is 0.0379. The smallest absolute Gasteiger partial charge is 0.120 e. The molecule has 2 aromatic rings. The van der Waals surface area contributed by atoms with Gasteiger partial charge >= 0.3 is 0 Å². The minimum Gasteiger partial charge on any atom is -0.492 e. The number of nitrogens with two attached hydrogens (primary N) is 1. The molecular formula is C18H22ClNO. The Balaban J connectivity index is 1.97. The first-order valence-electron chi connectivity index (χ1n) is 7.16. The lowest BCUT2D eigenvalue weighted by Crippen LogP contribution is -2.30. The van der Waals surface area contributed by atoms with Gasteiger partial charge < -0.3 is 10.5 Å². The van der Waals surface area contributed by atoms with Crippen LogP contribution in [0, 0.1) is 20.8 Å². The molecule has 2 N–H and O–H groups in total. The average molecular weight is 304 g/mol. The van der Waals surface area contributed by atoms with Gasteiger partial charge in [0.05, 0.1) is 0 Å². The zero-order valence-electron chi connectivity index (χ0n) is 12.8. The maximum Gasteiger partial charge on any atom is 0.120 e. The fraction of sp³-hybridized carbons (Fsp3) is 0.333. The van der Waals surface area contributed by atoms with E-state index in [1.165, 1.54) is 22.3 Å². The maximum absolute atomic E-state index is 6.21. The lowest BCUT2D eigenvalue weighted by molar-refractivity contribution is 0.287. The van der Waals surface area contributed by atoms with Crippen molar-refractivity contribution in [3.63, 3.8) is 0 Å². The van der Waals surface area contributed by atoms with Gasteiger partial charge in [-0.15, -0.1) is 0 Å². The molecule has 0 fully saturated rings. The van der Waals surface area contributed by atoms with Crippen LogP contribution in [0.15, 0.2) is 36.4 Å². The SMILES string of the molecule is Cc1cc(C)c(CC(N)COc2cccc(Cl)c2)c(C)c1. The van der Waals surface area contributed by atoms with Gasteiger partial charge in [0, 0.05) is 11.1 Å². The standard InChI is InChI=1S/C18H22ClNO/c1-12-7-13(2)18(14(3)8-12)10-16(20)11-21-17-6-4-5-15(19)9-17/h4-9,16H,10-11,20H2,1-3H3. The van der Waals surface area contributed by atoms with Gasteiger partial charge in [0.15, 0.2) is 0 Å². The summed E-state index contributed by atoms with van der Waals surface area (Å²) in [6.07, 6.45) is 0.818. The average Bonchev–Trinajstić information content (AvgIpc) is 2.40. The molecule has 0 spiro atoms. The maximum atomic E-state index is 6.21. The molecule has 0 saturated carbocycles. The predicted molar refractivity (Wildman–Crippen MR) is 89.3 cm³/mol. The van der Waals surface area contributed by atoms with E-state index in [9.17, 15) is 0 Å². The van der Waals surface area contributed by atoms with Gasteiger partial charge in [-0.2, -0.15) is 0 Å². The molecule has 0 aliphatic rings. The van der Waals surface area contributed by atoms with Gasteiger partial charge in [-0.05, 0) is 62.1 Å². The number of hydrogen-bond donors (Lipinski definition) is 1. The molecule has 0 amide bonds. The fourth-order valence-corrected chi connectivity index (χ4v) is 2.79. The molecule has 21 heavy (non-hydrogen) atoms. The van der Waals surface area contributed by atoms with E-state index in [-0.39, 0.29) is 6.04 Å². The lowest BCUT2D eigenvalue weighted by atomic mass is 9.95. The van der Waals surface area contributed by atoms with Crippen LogP contribution in [0.1, 0.15) is 22.3 Å². The molecule has 3 heteroatoms. The number of hydrogen-bond acceptors (Lipinski definition) is 2. The van der Waals surface area contributed by atoms with Gasteiger partial charge in [0.2, 0.25) is 0 Å². The Labute approximate surface area is 131 Å². The Bertz CT molecular complexity index is 601. The van der Waals surface area contributed by atoms with E-state index >= 15 is 0 Å². The summed E-state index contributed by atoms with van der Waals surface area (Å²) in [6.45, 7) is 6.87. The van der Waals surface area contributed by atoms with Gasteiger partial charge in [0.1, 0.15) is 12.4 Å². The highest BCUT2D eigenvalue weighted by Crippen LogP contribution is 2.19. The van der Waals surface area contributed by atoms with E-state index in [1.807, 2.05) is 18.2 Å². The Kier molecular flexibility index (Phi) is 5.27. The molecule has 2 aromatic carbocycles. The molecule has 0 saturated heterocycles. The van der Waals surface area contributed by atoms with Crippen molar-refractivity contribution in [2.24, 2.45) is 5.73 Å². The van der Waals surface area contributed by atoms with Crippen LogP contribution in [0.5, 0.6) is 5.75 Å². The zero-order chi connectivity index (χ0) is 15.4. The fourth-order valence-electron chi connectivity index (χ4n) is 2.61. The quantitative estimate of drug-likeness (QED) is 0.898. The van der Waals surface area contributed by atoms with Crippen LogP contribution in [0.25, 0.3) is 0 Å². The number of halogens is 1. The largest absolute Gasteiger partial charge is 0.492 e. The van der Waals surface area contributed by atoms with E-state index < -0.39 is 0 Å². The van der Waals surface area contributed by atoms with Gasteiger partial charge in [-0.3, -0.25) is 0 Å². The second-order valence-electron chi connectivity index (χ2n) is 5.61. The third-order valence-corrected chi connectivity index (χ3v) is 3.80. The van der Waals surface area contributed by atoms with Gasteiger partial charge in [0.25, 0.3) is 0 Å². The number of aryl methyl sites for hydroxylation is 3. The van der Waals surface area contributed by atoms with E-state index in [2.05, 4.69) is 32.9 Å². The van der Waals surface area contributed by atoms with Crippen molar-refractivity contribution >= 4 is 11.6 Å². The second-order valence-corrected chi connectivity index (χ2v) is 6.05. The highest BCUT2D eigenvalue weighted by atomic mass is 35.5. The molecule has 2 rings (SSSR count). The highest BCUT2D eigenvalue weighted by molar-refractivity contribution is 6.30. The van der Waals surface area contributed by atoms with Crippen molar-refractivity contribution in [3.8, 4) is 5.75 Å². The normalized spacial score (nSPS) is 12.2. The van der Waals surface area contributed by atoms with Crippen LogP contribution in [0.4, 0.5) is 0 Å². The van der Waals surface area contributed by atoms with Crippen LogP contribution in [-0.4, -0.2) is 12.6 Å². The number of rotatable bonds is 5. The molecule has 0 bridgehead atoms. The lowest BCUT2D eigenvalue weighted by Gasteiger charge is -2.17. The predicted octanol–water partition coefficient (Wildman–Crippen LogP) is 4.21. The number of benzene rings is 2. The summed E-state index contributed by atoms with van der Waals surface area (Å²) in [5, 5.41) is 0.672. The van der Waals surface area contributed by atoms with Crippen molar-refractivity contribution in [1.82, 2.24) is 0 Å². The third kappa shape index (κ3) is 4.48. The summed E-state index contributed by atoms with van der Waals surface area (Å²) < 4.78 is 5.71. The second kappa shape index (κ2) is 6.97. The van der Waals surface area contributed by atoms with E-state index in [1.54, 1.807) is 6.07 Å². The first-order valence-corrected chi connectivity index (χ1v) is 7.54. The molecule has 0 heterocycles. The molecule has 0 aliphatic heterocycles. The summed E-state index contributed by atoms with van der Waals surface area (Å²) in [5.74, 6) is 0.760. The Morgan fingerprint density at radius 3 is 2.38 bits per heavy atom. The first kappa shape index (κ1) is 15.9. The van der Waals surface area contributed by atoms with E-state index in [0.29, 0.717) is 11.6 Å². The Morgan fingerprint density at radius 2 is 1.76 bits per heavy atom. The summed E-state index contributed by atoms with van der Waals surface area (Å²) in [4.78, 5) is 0. The highest BCUT2D eigenvalue weighted by Gasteiger charge is 2.10. The summed E-state index contributed by atoms with van der Waals surface area (Å²) >= 11 is 5.94. The third-order valence-electron chi connectivity index (χ3n) is 3.57. The van der Waals surface area contributed by atoms with Crippen LogP contribution >= 0.6 is 11.6 Å². The Morgan fingerprint density at radius 1 is 1.10 bits per heavy atom.